The first kappa shape index (κ1) is 15.1. The van der Waals surface area contributed by atoms with Gasteiger partial charge in [0.2, 0.25) is 0 Å². The van der Waals surface area contributed by atoms with Crippen molar-refractivity contribution < 1.29 is 4.42 Å². The Morgan fingerprint density at radius 3 is 2.50 bits per heavy atom. The van der Waals surface area contributed by atoms with Crippen LogP contribution in [0.1, 0.15) is 57.9 Å². The van der Waals surface area contributed by atoms with Crippen LogP contribution in [0.2, 0.25) is 0 Å². The van der Waals surface area contributed by atoms with E-state index in [0.29, 0.717) is 12.5 Å². The number of nitrogens with two attached hydrogens (primary N) is 1. The van der Waals surface area contributed by atoms with Crippen LogP contribution in [-0.4, -0.2) is 0 Å². The van der Waals surface area contributed by atoms with Gasteiger partial charge >= 0.3 is 0 Å². The standard InChI is InChI=1S/C18H27NO/c1-6-18(4,5)13-7-8-16-15(10-13)14(9-12(2)3)17(11-19)20-16/h7-8,10,12H,6,9,11,19H2,1-5H3. The second-order valence-corrected chi connectivity index (χ2v) is 6.75. The lowest BCUT2D eigenvalue weighted by Gasteiger charge is -2.23. The topological polar surface area (TPSA) is 39.2 Å². The summed E-state index contributed by atoms with van der Waals surface area (Å²) in [4.78, 5) is 0. The summed E-state index contributed by atoms with van der Waals surface area (Å²) in [6.07, 6.45) is 2.15. The molecule has 0 bridgehead atoms. The smallest absolute Gasteiger partial charge is 0.134 e. The summed E-state index contributed by atoms with van der Waals surface area (Å²) >= 11 is 0. The summed E-state index contributed by atoms with van der Waals surface area (Å²) in [7, 11) is 0. The van der Waals surface area contributed by atoms with E-state index in [4.69, 9.17) is 10.2 Å². The van der Waals surface area contributed by atoms with Crippen LogP contribution in [0.3, 0.4) is 0 Å². The van der Waals surface area contributed by atoms with Crippen molar-refractivity contribution >= 4 is 11.0 Å². The molecule has 1 heterocycles. The Labute approximate surface area is 122 Å². The molecular weight excluding hydrogens is 246 g/mol. The van der Waals surface area contributed by atoms with Crippen LogP contribution in [0.4, 0.5) is 0 Å². The normalized spacial score (nSPS) is 12.6. The van der Waals surface area contributed by atoms with Gasteiger partial charge in [0.1, 0.15) is 11.3 Å². The highest BCUT2D eigenvalue weighted by molar-refractivity contribution is 5.83. The Morgan fingerprint density at radius 1 is 1.25 bits per heavy atom. The lowest BCUT2D eigenvalue weighted by Crippen LogP contribution is -2.15. The van der Waals surface area contributed by atoms with Gasteiger partial charge in [0.05, 0.1) is 6.54 Å². The Kier molecular flexibility index (Phi) is 4.24. The fraction of sp³-hybridized carbons (Fsp3) is 0.556. The third-order valence-electron chi connectivity index (χ3n) is 4.34. The van der Waals surface area contributed by atoms with E-state index in [0.717, 1.165) is 24.2 Å². The molecule has 0 aliphatic carbocycles. The molecule has 2 heteroatoms. The summed E-state index contributed by atoms with van der Waals surface area (Å²) in [5.74, 6) is 1.55. The molecule has 2 N–H and O–H groups in total. The molecule has 0 saturated carbocycles. The highest BCUT2D eigenvalue weighted by atomic mass is 16.3. The largest absolute Gasteiger partial charge is 0.459 e. The second-order valence-electron chi connectivity index (χ2n) is 6.75. The van der Waals surface area contributed by atoms with Gasteiger partial charge in [-0.25, -0.2) is 0 Å². The van der Waals surface area contributed by atoms with Crippen molar-refractivity contribution in [3.8, 4) is 0 Å². The van der Waals surface area contributed by atoms with Crippen LogP contribution in [0.5, 0.6) is 0 Å². The predicted molar refractivity (Wildman–Crippen MR) is 86.0 cm³/mol. The summed E-state index contributed by atoms with van der Waals surface area (Å²) in [5.41, 5.74) is 9.69. The SMILES string of the molecule is CCC(C)(C)c1ccc2oc(CN)c(CC(C)C)c2c1. The molecule has 2 aromatic rings. The van der Waals surface area contributed by atoms with E-state index in [9.17, 15) is 0 Å². The minimum Gasteiger partial charge on any atom is -0.459 e. The first-order valence-corrected chi connectivity index (χ1v) is 7.64. The van der Waals surface area contributed by atoms with Crippen molar-refractivity contribution in [1.82, 2.24) is 0 Å². The third kappa shape index (κ3) is 2.76. The molecule has 1 aromatic carbocycles. The molecule has 0 fully saturated rings. The number of furan rings is 1. The molecule has 1 aromatic heterocycles. The van der Waals surface area contributed by atoms with Gasteiger partial charge in [-0.15, -0.1) is 0 Å². The van der Waals surface area contributed by atoms with Crippen molar-refractivity contribution in [3.63, 3.8) is 0 Å². The van der Waals surface area contributed by atoms with Crippen molar-refractivity contribution in [3.05, 3.63) is 35.1 Å². The molecule has 110 valence electrons. The first-order chi connectivity index (χ1) is 9.39. The van der Waals surface area contributed by atoms with E-state index in [2.05, 4.69) is 52.8 Å². The zero-order valence-electron chi connectivity index (χ0n) is 13.4. The van der Waals surface area contributed by atoms with E-state index in [1.807, 2.05) is 0 Å². The minimum absolute atomic E-state index is 0.198. The molecule has 0 aliphatic heterocycles. The maximum absolute atomic E-state index is 5.93. The zero-order valence-corrected chi connectivity index (χ0v) is 13.4. The van der Waals surface area contributed by atoms with Gasteiger partial charge in [-0.1, -0.05) is 40.7 Å². The minimum atomic E-state index is 0.198. The molecule has 2 rings (SSSR count). The number of hydrogen-bond acceptors (Lipinski definition) is 2. The van der Waals surface area contributed by atoms with E-state index in [-0.39, 0.29) is 5.41 Å². The van der Waals surface area contributed by atoms with Crippen LogP contribution < -0.4 is 5.73 Å². The molecule has 0 radical (unpaired) electrons. The van der Waals surface area contributed by atoms with Gasteiger partial charge in [0.25, 0.3) is 0 Å². The number of benzene rings is 1. The molecule has 0 atom stereocenters. The maximum atomic E-state index is 5.93. The predicted octanol–water partition coefficient (Wildman–Crippen LogP) is 4.78. The molecule has 20 heavy (non-hydrogen) atoms. The van der Waals surface area contributed by atoms with E-state index < -0.39 is 0 Å². The van der Waals surface area contributed by atoms with Crippen LogP contribution in [0.15, 0.2) is 22.6 Å². The van der Waals surface area contributed by atoms with Gasteiger partial charge < -0.3 is 10.2 Å². The van der Waals surface area contributed by atoms with Gasteiger partial charge in [-0.3, -0.25) is 0 Å². The number of rotatable bonds is 5. The zero-order chi connectivity index (χ0) is 14.9. The highest BCUT2D eigenvalue weighted by Gasteiger charge is 2.21. The van der Waals surface area contributed by atoms with Gasteiger partial charge in [0, 0.05) is 10.9 Å². The van der Waals surface area contributed by atoms with E-state index in [1.165, 1.54) is 16.5 Å². The lowest BCUT2D eigenvalue weighted by molar-refractivity contribution is 0.506. The van der Waals surface area contributed by atoms with E-state index in [1.54, 1.807) is 0 Å². The van der Waals surface area contributed by atoms with Crippen molar-refractivity contribution in [2.45, 2.75) is 59.4 Å². The Bertz CT molecular complexity index is 593. The monoisotopic (exact) mass is 273 g/mol. The van der Waals surface area contributed by atoms with Gasteiger partial charge in [0.15, 0.2) is 0 Å². The Hall–Kier alpha value is -1.28. The molecule has 0 unspecified atom stereocenters. The average Bonchev–Trinajstić information content (AvgIpc) is 2.75. The average molecular weight is 273 g/mol. The maximum Gasteiger partial charge on any atom is 0.134 e. The highest BCUT2D eigenvalue weighted by Crippen LogP contribution is 2.34. The van der Waals surface area contributed by atoms with Crippen LogP contribution >= 0.6 is 0 Å². The van der Waals surface area contributed by atoms with Crippen LogP contribution in [-0.2, 0) is 18.4 Å². The number of fused-ring (bicyclic) bond motifs is 1. The first-order valence-electron chi connectivity index (χ1n) is 7.64. The van der Waals surface area contributed by atoms with Crippen molar-refractivity contribution in [2.75, 3.05) is 0 Å². The summed E-state index contributed by atoms with van der Waals surface area (Å²) in [6, 6.07) is 6.60. The summed E-state index contributed by atoms with van der Waals surface area (Å²) in [5, 5.41) is 1.25. The molecule has 0 amide bonds. The Morgan fingerprint density at radius 2 is 1.95 bits per heavy atom. The molecular formula is C18H27NO. The van der Waals surface area contributed by atoms with Gasteiger partial charge in [-0.2, -0.15) is 0 Å². The van der Waals surface area contributed by atoms with Crippen LogP contribution in [0.25, 0.3) is 11.0 Å². The van der Waals surface area contributed by atoms with Crippen molar-refractivity contribution in [1.29, 1.82) is 0 Å². The fourth-order valence-electron chi connectivity index (χ4n) is 2.62. The molecule has 2 nitrogen and oxygen atoms in total. The van der Waals surface area contributed by atoms with E-state index >= 15 is 0 Å². The molecule has 0 aliphatic rings. The lowest BCUT2D eigenvalue weighted by atomic mass is 9.81. The van der Waals surface area contributed by atoms with Crippen LogP contribution in [0, 0.1) is 5.92 Å². The third-order valence-corrected chi connectivity index (χ3v) is 4.34. The molecule has 0 saturated heterocycles. The Balaban J connectivity index is 2.60. The fourth-order valence-corrected chi connectivity index (χ4v) is 2.62. The summed E-state index contributed by atoms with van der Waals surface area (Å²) in [6.45, 7) is 11.8. The number of hydrogen-bond donors (Lipinski definition) is 1. The quantitative estimate of drug-likeness (QED) is 0.851. The second kappa shape index (κ2) is 5.61. The molecule has 0 spiro atoms. The summed E-state index contributed by atoms with van der Waals surface area (Å²) < 4.78 is 5.93. The van der Waals surface area contributed by atoms with Crippen molar-refractivity contribution in [2.24, 2.45) is 11.7 Å². The van der Waals surface area contributed by atoms with Gasteiger partial charge in [-0.05, 0) is 41.9 Å².